The predicted octanol–water partition coefficient (Wildman–Crippen LogP) is 3.38. The van der Waals surface area contributed by atoms with Crippen LogP contribution < -0.4 is 5.32 Å². The number of thiocarbonyl (C=S) groups is 1. The highest BCUT2D eigenvalue weighted by atomic mass is 32.2. The lowest BCUT2D eigenvalue weighted by molar-refractivity contribution is -0.113. The van der Waals surface area contributed by atoms with Crippen molar-refractivity contribution in [1.29, 1.82) is 5.26 Å². The van der Waals surface area contributed by atoms with Gasteiger partial charge in [-0.2, -0.15) is 5.26 Å². The van der Waals surface area contributed by atoms with Gasteiger partial charge >= 0.3 is 0 Å². The number of thioether (sulfide) groups is 1. The number of benzene rings is 1. The van der Waals surface area contributed by atoms with Gasteiger partial charge in [-0.3, -0.25) is 9.69 Å². The van der Waals surface area contributed by atoms with Crippen LogP contribution in [0.2, 0.25) is 0 Å². The Labute approximate surface area is 203 Å². The number of thiophene rings is 1. The number of anilines is 1. The maximum atomic E-state index is 12.6. The Morgan fingerprint density at radius 1 is 1.22 bits per heavy atom. The van der Waals surface area contributed by atoms with E-state index in [2.05, 4.69) is 57.4 Å². The number of carbonyl (C=O) groups is 1. The fourth-order valence-corrected chi connectivity index (χ4v) is 6.32. The minimum Gasteiger partial charge on any atom is -0.355 e. The predicted molar refractivity (Wildman–Crippen MR) is 136 cm³/mol. The van der Waals surface area contributed by atoms with Crippen LogP contribution in [0.15, 0.2) is 30.3 Å². The van der Waals surface area contributed by atoms with Crippen LogP contribution in [0.1, 0.15) is 21.6 Å². The quantitative estimate of drug-likeness (QED) is 0.652. The highest BCUT2D eigenvalue weighted by Gasteiger charge is 2.25. The number of fused-ring (bicyclic) bond motifs is 1. The molecule has 168 valence electrons. The molecule has 0 saturated carbocycles. The molecule has 9 heteroatoms. The largest absolute Gasteiger partial charge is 0.355 e. The van der Waals surface area contributed by atoms with Gasteiger partial charge in [0, 0.05) is 50.7 Å². The molecule has 1 N–H and O–H groups in total. The second kappa shape index (κ2) is 10.8. The molecule has 1 saturated heterocycles. The molecular formula is C23H27N5OS3. The molecule has 0 radical (unpaired) electrons. The number of nitrogens with one attached hydrogen (secondary N) is 1. The first-order valence-electron chi connectivity index (χ1n) is 10.7. The van der Waals surface area contributed by atoms with E-state index in [9.17, 15) is 10.1 Å². The van der Waals surface area contributed by atoms with Crippen molar-refractivity contribution in [2.24, 2.45) is 0 Å². The van der Waals surface area contributed by atoms with Crippen LogP contribution in [0.5, 0.6) is 0 Å². The van der Waals surface area contributed by atoms with E-state index < -0.39 is 0 Å². The third-order valence-electron chi connectivity index (χ3n) is 5.84. The first-order valence-corrected chi connectivity index (χ1v) is 13.0. The minimum absolute atomic E-state index is 0.109. The first kappa shape index (κ1) is 23.2. The Morgan fingerprint density at radius 2 is 1.97 bits per heavy atom. The fourth-order valence-electron chi connectivity index (χ4n) is 4.01. The average molecular weight is 486 g/mol. The summed E-state index contributed by atoms with van der Waals surface area (Å²) in [6, 6.07) is 12.8. The van der Waals surface area contributed by atoms with Crippen LogP contribution in [0.3, 0.4) is 0 Å². The number of nitriles is 1. The van der Waals surface area contributed by atoms with E-state index in [0.717, 1.165) is 62.1 Å². The molecule has 1 fully saturated rings. The minimum atomic E-state index is -0.109. The van der Waals surface area contributed by atoms with Crippen molar-refractivity contribution in [2.75, 3.05) is 50.8 Å². The fraction of sp³-hybridized carbons (Fsp3) is 0.435. The number of likely N-dealkylation sites (N-methyl/N-ethyl adjacent to an activating group) is 1. The maximum absolute atomic E-state index is 12.6. The molecule has 1 aromatic heterocycles. The van der Waals surface area contributed by atoms with Crippen LogP contribution in [-0.2, 0) is 24.3 Å². The zero-order valence-corrected chi connectivity index (χ0v) is 20.6. The Kier molecular flexibility index (Phi) is 7.81. The lowest BCUT2D eigenvalue weighted by Gasteiger charge is -2.33. The molecule has 0 atom stereocenters. The Hall–Kier alpha value is -1.96. The van der Waals surface area contributed by atoms with Crippen molar-refractivity contribution in [3.8, 4) is 6.07 Å². The van der Waals surface area contributed by atoms with Crippen LogP contribution in [0, 0.1) is 11.3 Å². The van der Waals surface area contributed by atoms with Gasteiger partial charge in [-0.1, -0.05) is 54.3 Å². The van der Waals surface area contributed by atoms with Gasteiger partial charge in [-0.05, 0) is 24.6 Å². The summed E-state index contributed by atoms with van der Waals surface area (Å²) in [4.78, 5) is 20.6. The number of hydrogen-bond donors (Lipinski definition) is 1. The molecule has 0 aliphatic carbocycles. The van der Waals surface area contributed by atoms with E-state index in [0.29, 0.717) is 10.6 Å². The van der Waals surface area contributed by atoms with Crippen LogP contribution in [0.4, 0.5) is 5.00 Å². The molecule has 6 nitrogen and oxygen atoms in total. The molecule has 2 aliphatic rings. The highest BCUT2D eigenvalue weighted by Crippen LogP contribution is 2.37. The Bertz CT molecular complexity index is 1010. The zero-order valence-electron chi connectivity index (χ0n) is 18.2. The van der Waals surface area contributed by atoms with Gasteiger partial charge in [0.05, 0.1) is 11.3 Å². The number of carbonyl (C=O) groups excluding carboxylic acids is 1. The molecule has 0 bridgehead atoms. The summed E-state index contributed by atoms with van der Waals surface area (Å²) in [5.74, 6) is 0.154. The van der Waals surface area contributed by atoms with E-state index >= 15 is 0 Å². The highest BCUT2D eigenvalue weighted by molar-refractivity contribution is 8.23. The monoisotopic (exact) mass is 485 g/mol. The molecule has 32 heavy (non-hydrogen) atoms. The second-order valence-corrected chi connectivity index (χ2v) is 10.9. The number of amides is 1. The first-order chi connectivity index (χ1) is 15.5. The van der Waals surface area contributed by atoms with Gasteiger partial charge in [-0.15, -0.1) is 11.3 Å². The summed E-state index contributed by atoms with van der Waals surface area (Å²) in [6.07, 6.45) is 0.833. The summed E-state index contributed by atoms with van der Waals surface area (Å²) in [5, 5.41) is 13.4. The number of hydrogen-bond acceptors (Lipinski definition) is 7. The second-order valence-electron chi connectivity index (χ2n) is 8.16. The van der Waals surface area contributed by atoms with Crippen molar-refractivity contribution in [2.45, 2.75) is 19.5 Å². The summed E-state index contributed by atoms with van der Waals surface area (Å²) < 4.78 is 0.774. The van der Waals surface area contributed by atoms with Crippen LogP contribution >= 0.6 is 35.3 Å². The number of rotatable bonds is 5. The maximum Gasteiger partial charge on any atom is 0.235 e. The van der Waals surface area contributed by atoms with Gasteiger partial charge in [-0.25, -0.2) is 0 Å². The van der Waals surface area contributed by atoms with Crippen LogP contribution in [-0.4, -0.2) is 70.5 Å². The number of piperazine rings is 1. The third-order valence-corrected chi connectivity index (χ3v) is 8.49. The lowest BCUT2D eigenvalue weighted by Crippen LogP contribution is -2.46. The standard InChI is InChI=1S/C23H27N5OS3/c1-26-9-11-28(12-10-26)23(30)31-16-21(29)25-22-19(13-24)18-7-8-27(15-20(18)32-22)14-17-5-3-2-4-6-17/h2-6H,7-12,14-16H2,1H3,(H,25,29). The van der Waals surface area contributed by atoms with E-state index in [1.165, 1.54) is 33.5 Å². The van der Waals surface area contributed by atoms with Gasteiger partial charge in [0.15, 0.2) is 0 Å². The summed E-state index contributed by atoms with van der Waals surface area (Å²) in [7, 11) is 2.11. The Balaban J connectivity index is 1.34. The van der Waals surface area contributed by atoms with E-state index in [1.54, 1.807) is 0 Å². The average Bonchev–Trinajstić information content (AvgIpc) is 3.14. The third kappa shape index (κ3) is 5.69. The topological polar surface area (TPSA) is 62.6 Å². The lowest BCUT2D eigenvalue weighted by atomic mass is 10.0. The van der Waals surface area contributed by atoms with Crippen molar-refractivity contribution in [3.05, 3.63) is 51.9 Å². The van der Waals surface area contributed by atoms with Gasteiger partial charge < -0.3 is 15.1 Å². The molecule has 1 aromatic carbocycles. The van der Waals surface area contributed by atoms with Crippen molar-refractivity contribution >= 4 is 50.5 Å². The van der Waals surface area contributed by atoms with Gasteiger partial charge in [0.1, 0.15) is 15.4 Å². The van der Waals surface area contributed by atoms with Crippen molar-refractivity contribution in [1.82, 2.24) is 14.7 Å². The molecule has 3 heterocycles. The molecule has 1 amide bonds. The molecule has 4 rings (SSSR count). The van der Waals surface area contributed by atoms with Crippen molar-refractivity contribution in [3.63, 3.8) is 0 Å². The molecule has 0 spiro atoms. The van der Waals surface area contributed by atoms with Gasteiger partial charge in [0.2, 0.25) is 5.91 Å². The number of nitrogens with zero attached hydrogens (tertiary/aromatic N) is 4. The zero-order chi connectivity index (χ0) is 22.5. The molecule has 2 aliphatic heterocycles. The molecule has 2 aromatic rings. The normalized spacial score (nSPS) is 16.9. The van der Waals surface area contributed by atoms with Crippen molar-refractivity contribution < 1.29 is 4.79 Å². The smallest absolute Gasteiger partial charge is 0.235 e. The SMILES string of the molecule is CN1CCN(C(=S)SCC(=O)Nc2sc3c(c2C#N)CCN(Cc2ccccc2)C3)CC1. The summed E-state index contributed by atoms with van der Waals surface area (Å²) in [6.45, 7) is 6.39. The van der Waals surface area contributed by atoms with E-state index in [4.69, 9.17) is 12.2 Å². The molecular weight excluding hydrogens is 458 g/mol. The van der Waals surface area contributed by atoms with Crippen LogP contribution in [0.25, 0.3) is 0 Å². The van der Waals surface area contributed by atoms with E-state index in [1.807, 2.05) is 6.07 Å². The summed E-state index contributed by atoms with van der Waals surface area (Å²) >= 11 is 8.46. The van der Waals surface area contributed by atoms with E-state index in [-0.39, 0.29) is 11.7 Å². The molecule has 0 unspecified atom stereocenters. The summed E-state index contributed by atoms with van der Waals surface area (Å²) in [5.41, 5.74) is 3.01. The Morgan fingerprint density at radius 3 is 2.69 bits per heavy atom. The van der Waals surface area contributed by atoms with Gasteiger partial charge in [0.25, 0.3) is 0 Å².